The minimum atomic E-state index is -0.261. The van der Waals surface area contributed by atoms with Gasteiger partial charge in [-0.1, -0.05) is 18.2 Å². The van der Waals surface area contributed by atoms with Crippen LogP contribution in [0.2, 0.25) is 0 Å². The van der Waals surface area contributed by atoms with Gasteiger partial charge in [0.25, 0.3) is 0 Å². The number of hydrogen-bond acceptors (Lipinski definition) is 5. The van der Waals surface area contributed by atoms with Crippen molar-refractivity contribution in [1.82, 2.24) is 20.2 Å². The van der Waals surface area contributed by atoms with Gasteiger partial charge >= 0.3 is 5.97 Å². The highest BCUT2D eigenvalue weighted by Gasteiger charge is 2.13. The second kappa shape index (κ2) is 6.23. The Kier molecular flexibility index (Phi) is 3.78. The molecule has 0 saturated heterocycles. The van der Waals surface area contributed by atoms with E-state index >= 15 is 0 Å². The van der Waals surface area contributed by atoms with Gasteiger partial charge in [-0.2, -0.15) is 0 Å². The Bertz CT molecular complexity index is 857. The lowest BCUT2D eigenvalue weighted by Crippen LogP contribution is -2.11. The van der Waals surface area contributed by atoms with Crippen LogP contribution in [0.3, 0.4) is 0 Å². The van der Waals surface area contributed by atoms with Crippen LogP contribution in [0, 0.1) is 0 Å². The number of aromatic nitrogens is 4. The summed E-state index contributed by atoms with van der Waals surface area (Å²) in [6.07, 6.45) is 5.13. The number of hydrogen-bond donors (Lipinski definition) is 0. The maximum Gasteiger partial charge on any atom is 0.315 e. The molecule has 120 valence electrons. The molecule has 0 radical (unpaired) electrons. The highest BCUT2D eigenvalue weighted by atomic mass is 16.5. The van der Waals surface area contributed by atoms with Gasteiger partial charge in [0, 0.05) is 0 Å². The number of carbonyl (C=O) groups excluding carboxylic acids is 1. The Morgan fingerprint density at radius 3 is 2.71 bits per heavy atom. The summed E-state index contributed by atoms with van der Waals surface area (Å²) in [5.41, 5.74) is 4.40. The van der Waals surface area contributed by atoms with Gasteiger partial charge in [-0.15, -0.1) is 5.10 Å². The largest absolute Gasteiger partial charge is 0.426 e. The number of carbonyl (C=O) groups is 1. The smallest absolute Gasteiger partial charge is 0.315 e. The van der Waals surface area contributed by atoms with Gasteiger partial charge in [0.15, 0.2) is 0 Å². The van der Waals surface area contributed by atoms with Gasteiger partial charge in [0.1, 0.15) is 12.1 Å². The van der Waals surface area contributed by atoms with Crippen molar-refractivity contribution in [1.29, 1.82) is 0 Å². The average Bonchev–Trinajstić information content (AvgIpc) is 3.26. The zero-order valence-corrected chi connectivity index (χ0v) is 13.1. The summed E-state index contributed by atoms with van der Waals surface area (Å²) in [5.74, 6) is 0.370. The SMILES string of the molecule is O=C(Cc1ccc(-n2cnnn2)cc1)Oc1ccc2c(c1)CCC2. The highest BCUT2D eigenvalue weighted by molar-refractivity contribution is 5.75. The Hall–Kier alpha value is -3.02. The maximum atomic E-state index is 12.1. The maximum absolute atomic E-state index is 12.1. The van der Waals surface area contributed by atoms with Crippen molar-refractivity contribution in [2.75, 3.05) is 0 Å². The topological polar surface area (TPSA) is 69.9 Å². The molecule has 24 heavy (non-hydrogen) atoms. The molecular formula is C18H16N4O2. The molecule has 0 unspecified atom stereocenters. The normalized spacial score (nSPS) is 12.8. The summed E-state index contributed by atoms with van der Waals surface area (Å²) in [5, 5.41) is 11.0. The molecule has 0 spiro atoms. The Balaban J connectivity index is 1.41. The van der Waals surface area contributed by atoms with Crippen LogP contribution in [0.25, 0.3) is 5.69 Å². The molecule has 1 aromatic heterocycles. The number of esters is 1. The van der Waals surface area contributed by atoms with Crippen molar-refractivity contribution >= 4 is 5.97 Å². The van der Waals surface area contributed by atoms with Crippen molar-refractivity contribution in [3.63, 3.8) is 0 Å². The fourth-order valence-corrected chi connectivity index (χ4v) is 2.99. The average molecular weight is 320 g/mol. The molecule has 0 bridgehead atoms. The zero-order chi connectivity index (χ0) is 16.4. The van der Waals surface area contributed by atoms with Crippen molar-refractivity contribution in [2.24, 2.45) is 0 Å². The van der Waals surface area contributed by atoms with Crippen molar-refractivity contribution in [2.45, 2.75) is 25.7 Å². The summed E-state index contributed by atoms with van der Waals surface area (Å²) >= 11 is 0. The molecule has 1 heterocycles. The number of nitrogens with zero attached hydrogens (tertiary/aromatic N) is 4. The third kappa shape index (κ3) is 3.03. The van der Waals surface area contributed by atoms with E-state index < -0.39 is 0 Å². The predicted molar refractivity (Wildman–Crippen MR) is 87.0 cm³/mol. The Morgan fingerprint density at radius 2 is 1.92 bits per heavy atom. The molecule has 2 aromatic carbocycles. The van der Waals surface area contributed by atoms with E-state index in [1.54, 1.807) is 4.68 Å². The van der Waals surface area contributed by atoms with Gasteiger partial charge in [0.2, 0.25) is 0 Å². The van der Waals surface area contributed by atoms with Gasteiger partial charge in [0.05, 0.1) is 12.1 Å². The standard InChI is InChI=1S/C18H16N4O2/c23-18(24-17-9-6-14-2-1-3-15(14)11-17)10-13-4-7-16(8-5-13)22-12-19-20-21-22/h4-9,11-12H,1-3,10H2. The second-order valence-corrected chi connectivity index (χ2v) is 5.86. The second-order valence-electron chi connectivity index (χ2n) is 5.86. The lowest BCUT2D eigenvalue weighted by Gasteiger charge is -2.07. The zero-order valence-electron chi connectivity index (χ0n) is 13.1. The predicted octanol–water partition coefficient (Wildman–Crippen LogP) is 2.30. The molecule has 0 amide bonds. The van der Waals surface area contributed by atoms with E-state index in [-0.39, 0.29) is 12.4 Å². The summed E-state index contributed by atoms with van der Waals surface area (Å²) < 4.78 is 7.03. The number of ether oxygens (including phenoxy) is 1. The van der Waals surface area contributed by atoms with Crippen LogP contribution < -0.4 is 4.74 Å². The van der Waals surface area contributed by atoms with E-state index in [9.17, 15) is 4.79 Å². The first-order valence-corrected chi connectivity index (χ1v) is 7.93. The molecule has 6 heteroatoms. The Morgan fingerprint density at radius 1 is 1.08 bits per heavy atom. The minimum Gasteiger partial charge on any atom is -0.426 e. The molecular weight excluding hydrogens is 304 g/mol. The first-order chi connectivity index (χ1) is 11.8. The summed E-state index contributed by atoms with van der Waals surface area (Å²) in [6, 6.07) is 13.4. The van der Waals surface area contributed by atoms with E-state index in [0.717, 1.165) is 24.1 Å². The fraction of sp³-hybridized carbons (Fsp3) is 0.222. The first kappa shape index (κ1) is 14.6. The number of rotatable bonds is 4. The van der Waals surface area contributed by atoms with Crippen molar-refractivity contribution in [3.05, 3.63) is 65.5 Å². The fourth-order valence-electron chi connectivity index (χ4n) is 2.99. The number of fused-ring (bicyclic) bond motifs is 1. The van der Waals surface area contributed by atoms with Gasteiger partial charge in [-0.3, -0.25) is 4.79 Å². The number of aryl methyl sites for hydroxylation is 2. The third-order valence-electron chi connectivity index (χ3n) is 4.20. The van der Waals surface area contributed by atoms with Crippen LogP contribution in [0.1, 0.15) is 23.1 Å². The van der Waals surface area contributed by atoms with Crippen LogP contribution in [0.5, 0.6) is 5.75 Å². The molecule has 0 atom stereocenters. The van der Waals surface area contributed by atoms with Crippen molar-refractivity contribution in [3.8, 4) is 11.4 Å². The number of tetrazole rings is 1. The molecule has 0 N–H and O–H groups in total. The van der Waals surface area contributed by atoms with E-state index in [1.807, 2.05) is 36.4 Å². The van der Waals surface area contributed by atoms with Crippen molar-refractivity contribution < 1.29 is 9.53 Å². The third-order valence-corrected chi connectivity index (χ3v) is 4.20. The van der Waals surface area contributed by atoms with E-state index in [2.05, 4.69) is 21.6 Å². The molecule has 1 aliphatic carbocycles. The number of benzene rings is 2. The van der Waals surface area contributed by atoms with Crippen LogP contribution in [-0.4, -0.2) is 26.2 Å². The van der Waals surface area contributed by atoms with Gasteiger partial charge in [-0.25, -0.2) is 4.68 Å². The van der Waals surface area contributed by atoms with Crippen LogP contribution >= 0.6 is 0 Å². The molecule has 1 aliphatic rings. The van der Waals surface area contributed by atoms with E-state index in [0.29, 0.717) is 5.75 Å². The summed E-state index contributed by atoms with van der Waals surface area (Å²) in [7, 11) is 0. The minimum absolute atomic E-state index is 0.229. The lowest BCUT2D eigenvalue weighted by molar-refractivity contribution is -0.133. The van der Waals surface area contributed by atoms with Crippen LogP contribution in [-0.2, 0) is 24.1 Å². The van der Waals surface area contributed by atoms with Crippen LogP contribution in [0.15, 0.2) is 48.8 Å². The van der Waals surface area contributed by atoms with Crippen LogP contribution in [0.4, 0.5) is 0 Å². The summed E-state index contributed by atoms with van der Waals surface area (Å²) in [6.45, 7) is 0. The molecule has 4 rings (SSSR count). The van der Waals surface area contributed by atoms with Gasteiger partial charge < -0.3 is 4.74 Å². The molecule has 0 fully saturated rings. The first-order valence-electron chi connectivity index (χ1n) is 7.93. The highest BCUT2D eigenvalue weighted by Crippen LogP contribution is 2.26. The Labute approximate surface area is 139 Å². The molecule has 0 aliphatic heterocycles. The molecule has 3 aromatic rings. The van der Waals surface area contributed by atoms with E-state index in [1.165, 1.54) is 23.9 Å². The van der Waals surface area contributed by atoms with Gasteiger partial charge in [-0.05, 0) is 70.6 Å². The lowest BCUT2D eigenvalue weighted by atomic mass is 10.1. The van der Waals surface area contributed by atoms with E-state index in [4.69, 9.17) is 4.74 Å². The quantitative estimate of drug-likeness (QED) is 0.545. The molecule has 0 saturated carbocycles. The summed E-state index contributed by atoms with van der Waals surface area (Å²) in [4.78, 5) is 12.1. The molecule has 6 nitrogen and oxygen atoms in total. The monoisotopic (exact) mass is 320 g/mol.